The summed E-state index contributed by atoms with van der Waals surface area (Å²) in [7, 11) is 0. The lowest BCUT2D eigenvalue weighted by Gasteiger charge is -2.24. The quantitative estimate of drug-likeness (QED) is 0.693. The first kappa shape index (κ1) is 13.7. The van der Waals surface area contributed by atoms with Crippen LogP contribution in [0.5, 0.6) is 0 Å². The Morgan fingerprint density at radius 2 is 1.62 bits per heavy atom. The molecule has 3 rings (SSSR count). The zero-order chi connectivity index (χ0) is 15.0. The lowest BCUT2D eigenvalue weighted by Crippen LogP contribution is -2.08. The first-order valence-corrected chi connectivity index (χ1v) is 6.60. The Hall–Kier alpha value is -2.23. The molecule has 0 spiro atoms. The summed E-state index contributed by atoms with van der Waals surface area (Å²) in [5.74, 6) is 0.593. The standard InChI is InChI=1S/C17H13F3O/c1-11-15-5-3-2-4-13(15)10-16(21-11)12-6-8-14(9-7-12)17(18,19)20/h2-11H,1H3/t11-/m0/s1. The van der Waals surface area contributed by atoms with Crippen LogP contribution in [0.2, 0.25) is 0 Å². The third-order valence-corrected chi connectivity index (χ3v) is 3.52. The van der Waals surface area contributed by atoms with Gasteiger partial charge in [-0.2, -0.15) is 13.2 Å². The highest BCUT2D eigenvalue weighted by Gasteiger charge is 2.30. The Balaban J connectivity index is 1.97. The molecule has 0 amide bonds. The van der Waals surface area contributed by atoms with Crippen molar-refractivity contribution in [3.8, 4) is 0 Å². The molecule has 0 fully saturated rings. The summed E-state index contributed by atoms with van der Waals surface area (Å²) in [6, 6.07) is 12.9. The van der Waals surface area contributed by atoms with Crippen molar-refractivity contribution in [1.82, 2.24) is 0 Å². The summed E-state index contributed by atoms with van der Waals surface area (Å²) in [6.45, 7) is 1.93. The minimum atomic E-state index is -4.32. The van der Waals surface area contributed by atoms with Crippen LogP contribution in [0.4, 0.5) is 13.2 Å². The van der Waals surface area contributed by atoms with Crippen LogP contribution in [-0.2, 0) is 10.9 Å². The van der Waals surface area contributed by atoms with E-state index in [1.807, 2.05) is 37.3 Å². The average molecular weight is 290 g/mol. The number of hydrogen-bond acceptors (Lipinski definition) is 1. The van der Waals surface area contributed by atoms with Crippen molar-refractivity contribution in [3.63, 3.8) is 0 Å². The minimum absolute atomic E-state index is 0.122. The van der Waals surface area contributed by atoms with E-state index < -0.39 is 11.7 Å². The van der Waals surface area contributed by atoms with Gasteiger partial charge in [-0.3, -0.25) is 0 Å². The van der Waals surface area contributed by atoms with E-state index in [0.29, 0.717) is 11.3 Å². The molecule has 1 aliphatic rings. The molecule has 21 heavy (non-hydrogen) atoms. The van der Waals surface area contributed by atoms with E-state index in [1.54, 1.807) is 0 Å². The molecule has 2 aromatic rings. The van der Waals surface area contributed by atoms with E-state index in [4.69, 9.17) is 4.74 Å². The van der Waals surface area contributed by atoms with Gasteiger partial charge in [-0.25, -0.2) is 0 Å². The molecule has 1 nitrogen and oxygen atoms in total. The third kappa shape index (κ3) is 2.66. The molecule has 0 radical (unpaired) electrons. The Morgan fingerprint density at radius 3 is 2.29 bits per heavy atom. The molecule has 0 saturated heterocycles. The van der Waals surface area contributed by atoms with E-state index in [0.717, 1.165) is 23.3 Å². The Bertz CT molecular complexity index is 684. The Labute approximate surface area is 120 Å². The van der Waals surface area contributed by atoms with Gasteiger partial charge in [0.25, 0.3) is 0 Å². The number of rotatable bonds is 1. The van der Waals surface area contributed by atoms with Crippen LogP contribution in [0.15, 0.2) is 48.5 Å². The maximum atomic E-state index is 12.6. The van der Waals surface area contributed by atoms with E-state index in [9.17, 15) is 13.2 Å². The number of alkyl halides is 3. The van der Waals surface area contributed by atoms with Crippen molar-refractivity contribution in [3.05, 3.63) is 70.8 Å². The highest BCUT2D eigenvalue weighted by Crippen LogP contribution is 2.36. The summed E-state index contributed by atoms with van der Waals surface area (Å²) in [4.78, 5) is 0. The number of benzene rings is 2. The van der Waals surface area contributed by atoms with Crippen molar-refractivity contribution in [2.24, 2.45) is 0 Å². The van der Waals surface area contributed by atoms with Gasteiger partial charge in [0, 0.05) is 5.56 Å². The lowest BCUT2D eigenvalue weighted by atomic mass is 9.98. The number of halogens is 3. The van der Waals surface area contributed by atoms with Crippen LogP contribution in [0.3, 0.4) is 0 Å². The molecule has 0 unspecified atom stereocenters. The SMILES string of the molecule is C[C@@H]1OC(c2ccc(C(F)(F)F)cc2)=Cc2ccccc21. The summed E-state index contributed by atoms with van der Waals surface area (Å²) in [6.07, 6.45) is -2.58. The fraction of sp³-hybridized carbons (Fsp3) is 0.176. The normalized spacial score (nSPS) is 17.7. The van der Waals surface area contributed by atoms with Gasteiger partial charge < -0.3 is 4.74 Å². The zero-order valence-electron chi connectivity index (χ0n) is 11.3. The van der Waals surface area contributed by atoms with Crippen molar-refractivity contribution < 1.29 is 17.9 Å². The molecule has 1 atom stereocenters. The largest absolute Gasteiger partial charge is 0.485 e. The van der Waals surface area contributed by atoms with Crippen LogP contribution in [0.25, 0.3) is 11.8 Å². The molecular weight excluding hydrogens is 277 g/mol. The smallest absolute Gasteiger partial charge is 0.416 e. The molecule has 0 bridgehead atoms. The Morgan fingerprint density at radius 1 is 0.952 bits per heavy atom. The van der Waals surface area contributed by atoms with E-state index in [-0.39, 0.29) is 6.10 Å². The maximum Gasteiger partial charge on any atom is 0.416 e. The van der Waals surface area contributed by atoms with E-state index in [2.05, 4.69) is 0 Å². The van der Waals surface area contributed by atoms with Crippen LogP contribution in [-0.4, -0.2) is 0 Å². The van der Waals surface area contributed by atoms with Gasteiger partial charge in [-0.15, -0.1) is 0 Å². The van der Waals surface area contributed by atoms with Gasteiger partial charge in [0.05, 0.1) is 5.56 Å². The lowest BCUT2D eigenvalue weighted by molar-refractivity contribution is -0.137. The molecule has 2 aromatic carbocycles. The molecular formula is C17H13F3O. The first-order chi connectivity index (χ1) is 9.95. The molecule has 0 N–H and O–H groups in total. The van der Waals surface area contributed by atoms with Gasteiger partial charge >= 0.3 is 6.18 Å². The monoisotopic (exact) mass is 290 g/mol. The minimum Gasteiger partial charge on any atom is -0.485 e. The van der Waals surface area contributed by atoms with Gasteiger partial charge in [-0.05, 0) is 36.3 Å². The zero-order valence-corrected chi connectivity index (χ0v) is 11.3. The third-order valence-electron chi connectivity index (χ3n) is 3.52. The van der Waals surface area contributed by atoms with Crippen molar-refractivity contribution in [2.45, 2.75) is 19.2 Å². The second-order valence-corrected chi connectivity index (χ2v) is 4.97. The molecule has 1 aliphatic heterocycles. The van der Waals surface area contributed by atoms with Gasteiger partial charge in [-0.1, -0.05) is 36.4 Å². The predicted molar refractivity (Wildman–Crippen MR) is 75.3 cm³/mol. The summed E-state index contributed by atoms with van der Waals surface area (Å²) in [5, 5.41) is 0. The molecule has 0 saturated carbocycles. The fourth-order valence-electron chi connectivity index (χ4n) is 2.42. The summed E-state index contributed by atoms with van der Waals surface area (Å²) in [5.41, 5.74) is 2.10. The van der Waals surface area contributed by atoms with Crippen molar-refractivity contribution in [1.29, 1.82) is 0 Å². The number of fused-ring (bicyclic) bond motifs is 1. The fourth-order valence-corrected chi connectivity index (χ4v) is 2.42. The molecule has 4 heteroatoms. The predicted octanol–water partition coefficient (Wildman–Crippen LogP) is 5.29. The van der Waals surface area contributed by atoms with Crippen molar-refractivity contribution in [2.75, 3.05) is 0 Å². The van der Waals surface area contributed by atoms with E-state index in [1.165, 1.54) is 12.1 Å². The number of ether oxygens (including phenoxy) is 1. The second kappa shape index (κ2) is 4.95. The van der Waals surface area contributed by atoms with Gasteiger partial charge in [0.1, 0.15) is 11.9 Å². The topological polar surface area (TPSA) is 9.23 Å². The molecule has 108 valence electrons. The molecule has 0 aromatic heterocycles. The second-order valence-electron chi connectivity index (χ2n) is 4.97. The maximum absolute atomic E-state index is 12.6. The number of hydrogen-bond donors (Lipinski definition) is 0. The van der Waals surface area contributed by atoms with E-state index >= 15 is 0 Å². The van der Waals surface area contributed by atoms with Gasteiger partial charge in [0.2, 0.25) is 0 Å². The van der Waals surface area contributed by atoms with Crippen molar-refractivity contribution >= 4 is 11.8 Å². The molecule has 0 aliphatic carbocycles. The van der Waals surface area contributed by atoms with Crippen LogP contribution >= 0.6 is 0 Å². The van der Waals surface area contributed by atoms with Gasteiger partial charge in [0.15, 0.2) is 0 Å². The van der Waals surface area contributed by atoms with Crippen LogP contribution < -0.4 is 0 Å². The van der Waals surface area contributed by atoms with Crippen LogP contribution in [0, 0.1) is 0 Å². The highest BCUT2D eigenvalue weighted by atomic mass is 19.4. The van der Waals surface area contributed by atoms with Crippen LogP contribution in [0.1, 0.15) is 35.3 Å². The Kier molecular flexibility index (Phi) is 3.24. The summed E-state index contributed by atoms with van der Waals surface area (Å²) >= 11 is 0. The highest BCUT2D eigenvalue weighted by molar-refractivity contribution is 5.80. The molecule has 1 heterocycles. The summed E-state index contributed by atoms with van der Waals surface area (Å²) < 4.78 is 43.5. The average Bonchev–Trinajstić information content (AvgIpc) is 2.46. The first-order valence-electron chi connectivity index (χ1n) is 6.60.